The summed E-state index contributed by atoms with van der Waals surface area (Å²) >= 11 is 0. The minimum Gasteiger partial charge on any atom is -0.338 e. The fourth-order valence-corrected chi connectivity index (χ4v) is 5.12. The molecule has 3 heteroatoms. The second-order valence-corrected chi connectivity index (χ2v) is 8.38. The van der Waals surface area contributed by atoms with E-state index in [0.717, 1.165) is 31.0 Å². The molecule has 0 unspecified atom stereocenters. The lowest BCUT2D eigenvalue weighted by Gasteiger charge is -2.31. The summed E-state index contributed by atoms with van der Waals surface area (Å²) in [4.78, 5) is 19.5. The Kier molecular flexibility index (Phi) is 5.19. The van der Waals surface area contributed by atoms with Crippen LogP contribution in [0, 0.1) is 23.7 Å². The monoisotopic (exact) mass is 338 g/mol. The summed E-state index contributed by atoms with van der Waals surface area (Å²) in [5.41, 5.74) is 1.15. The van der Waals surface area contributed by atoms with Crippen LogP contribution in [0.3, 0.4) is 0 Å². The molecule has 25 heavy (non-hydrogen) atoms. The highest BCUT2D eigenvalue weighted by Crippen LogP contribution is 2.43. The lowest BCUT2D eigenvalue weighted by Crippen LogP contribution is -2.37. The highest BCUT2D eigenvalue weighted by molar-refractivity contribution is 5.76. The number of aromatic nitrogens is 1. The number of allylic oxidation sites excluding steroid dienone is 2. The summed E-state index contributed by atoms with van der Waals surface area (Å²) in [6, 6.07) is 4.06. The van der Waals surface area contributed by atoms with E-state index in [1.54, 1.807) is 6.20 Å². The number of amides is 1. The molecule has 4 rings (SSSR count). The Labute approximate surface area is 151 Å². The molecule has 0 spiro atoms. The Morgan fingerprint density at radius 2 is 2.04 bits per heavy atom. The van der Waals surface area contributed by atoms with Crippen LogP contribution in [0.25, 0.3) is 0 Å². The summed E-state index contributed by atoms with van der Waals surface area (Å²) in [7, 11) is 0. The fourth-order valence-electron chi connectivity index (χ4n) is 5.12. The Morgan fingerprint density at radius 3 is 2.72 bits per heavy atom. The maximum absolute atomic E-state index is 13.1. The van der Waals surface area contributed by atoms with Gasteiger partial charge in [-0.2, -0.15) is 0 Å². The van der Waals surface area contributed by atoms with Crippen LogP contribution in [0.4, 0.5) is 0 Å². The van der Waals surface area contributed by atoms with E-state index in [9.17, 15) is 4.79 Å². The van der Waals surface area contributed by atoms with Gasteiger partial charge in [-0.25, -0.2) is 0 Å². The quantitative estimate of drug-likeness (QED) is 0.711. The third kappa shape index (κ3) is 4.13. The first-order chi connectivity index (χ1) is 12.3. The molecule has 2 fully saturated rings. The van der Waals surface area contributed by atoms with Crippen LogP contribution in [0.1, 0.15) is 56.9 Å². The molecule has 3 aliphatic rings. The first-order valence-electron chi connectivity index (χ1n) is 10.1. The summed E-state index contributed by atoms with van der Waals surface area (Å²) in [5, 5.41) is 0. The molecule has 3 nitrogen and oxygen atoms in total. The predicted octanol–water partition coefficient (Wildman–Crippen LogP) is 4.59. The van der Waals surface area contributed by atoms with Crippen molar-refractivity contribution in [2.24, 2.45) is 23.7 Å². The van der Waals surface area contributed by atoms with Crippen molar-refractivity contribution < 1.29 is 4.79 Å². The molecule has 1 aromatic rings. The number of rotatable bonds is 6. The van der Waals surface area contributed by atoms with Crippen molar-refractivity contribution in [1.82, 2.24) is 9.88 Å². The standard InChI is InChI=1S/C22H30N2O/c25-22(13-17-5-2-1-3-6-17)24(15-19-7-4-10-23-14-19)16-21-12-18-8-9-20(21)11-18/h4,7-10,14,17-18,20-21H,1-3,5-6,11-13,15-16H2/t18-,20+,21+/m1/s1. The van der Waals surface area contributed by atoms with Crippen LogP contribution in [0.5, 0.6) is 0 Å². The lowest BCUT2D eigenvalue weighted by atomic mass is 9.86. The molecule has 3 aliphatic carbocycles. The molecular weight excluding hydrogens is 308 g/mol. The number of carbonyl (C=O) groups excluding carboxylic acids is 1. The second-order valence-electron chi connectivity index (χ2n) is 8.38. The zero-order valence-corrected chi connectivity index (χ0v) is 15.1. The molecule has 0 aromatic carbocycles. The van der Waals surface area contributed by atoms with Gasteiger partial charge in [-0.3, -0.25) is 9.78 Å². The number of fused-ring (bicyclic) bond motifs is 2. The summed E-state index contributed by atoms with van der Waals surface area (Å²) in [6.45, 7) is 1.64. The first-order valence-corrected chi connectivity index (χ1v) is 10.1. The van der Waals surface area contributed by atoms with Crippen molar-refractivity contribution in [2.45, 2.75) is 57.9 Å². The van der Waals surface area contributed by atoms with Crippen molar-refractivity contribution in [3.8, 4) is 0 Å². The summed E-state index contributed by atoms with van der Waals surface area (Å²) in [5.74, 6) is 3.09. The highest BCUT2D eigenvalue weighted by atomic mass is 16.2. The van der Waals surface area contributed by atoms with Gasteiger partial charge in [0.25, 0.3) is 0 Å². The van der Waals surface area contributed by atoms with Gasteiger partial charge in [0.2, 0.25) is 5.91 Å². The van der Waals surface area contributed by atoms with E-state index in [2.05, 4.69) is 28.1 Å². The van der Waals surface area contributed by atoms with Crippen LogP contribution in [0.2, 0.25) is 0 Å². The number of nitrogens with zero attached hydrogens (tertiary/aromatic N) is 2. The molecule has 3 atom stereocenters. The van der Waals surface area contributed by atoms with E-state index in [1.807, 2.05) is 12.3 Å². The molecule has 0 N–H and O–H groups in total. The van der Waals surface area contributed by atoms with Crippen LogP contribution >= 0.6 is 0 Å². The van der Waals surface area contributed by atoms with E-state index in [0.29, 0.717) is 23.7 Å². The van der Waals surface area contributed by atoms with Gasteiger partial charge in [0.1, 0.15) is 0 Å². The molecule has 1 amide bonds. The van der Waals surface area contributed by atoms with Crippen LogP contribution in [0.15, 0.2) is 36.7 Å². The molecular formula is C22H30N2O. The van der Waals surface area contributed by atoms with Gasteiger partial charge in [0.05, 0.1) is 0 Å². The van der Waals surface area contributed by atoms with Gasteiger partial charge in [0, 0.05) is 31.9 Å². The smallest absolute Gasteiger partial charge is 0.223 e. The minimum absolute atomic E-state index is 0.363. The van der Waals surface area contributed by atoms with E-state index in [1.165, 1.54) is 44.9 Å². The second kappa shape index (κ2) is 7.72. The SMILES string of the molecule is O=C(CC1CCCCC1)N(Cc1cccnc1)C[C@@H]1C[C@@H]2C=C[C@H]1C2. The van der Waals surface area contributed by atoms with Crippen LogP contribution in [-0.4, -0.2) is 22.3 Å². The van der Waals surface area contributed by atoms with E-state index < -0.39 is 0 Å². The Hall–Kier alpha value is -1.64. The minimum atomic E-state index is 0.363. The summed E-state index contributed by atoms with van der Waals surface area (Å²) < 4.78 is 0. The third-order valence-corrected chi connectivity index (χ3v) is 6.51. The van der Waals surface area contributed by atoms with Gasteiger partial charge >= 0.3 is 0 Å². The average Bonchev–Trinajstić information content (AvgIpc) is 3.26. The van der Waals surface area contributed by atoms with E-state index in [-0.39, 0.29) is 0 Å². The first kappa shape index (κ1) is 16.8. The van der Waals surface area contributed by atoms with Crippen molar-refractivity contribution in [3.63, 3.8) is 0 Å². The predicted molar refractivity (Wildman–Crippen MR) is 99.7 cm³/mol. The fraction of sp³-hybridized carbons (Fsp3) is 0.636. The topological polar surface area (TPSA) is 33.2 Å². The Bertz CT molecular complexity index is 606. The van der Waals surface area contributed by atoms with Crippen LogP contribution in [-0.2, 0) is 11.3 Å². The Morgan fingerprint density at radius 1 is 1.16 bits per heavy atom. The van der Waals surface area contributed by atoms with Gasteiger partial charge in [-0.15, -0.1) is 0 Å². The number of hydrogen-bond acceptors (Lipinski definition) is 2. The van der Waals surface area contributed by atoms with Crippen LogP contribution < -0.4 is 0 Å². The van der Waals surface area contributed by atoms with Gasteiger partial charge in [-0.05, 0) is 61.0 Å². The van der Waals surface area contributed by atoms with Crippen molar-refractivity contribution in [2.75, 3.05) is 6.54 Å². The molecule has 0 saturated heterocycles. The highest BCUT2D eigenvalue weighted by Gasteiger charge is 2.37. The normalized spacial score (nSPS) is 28.4. The van der Waals surface area contributed by atoms with Gasteiger partial charge in [-0.1, -0.05) is 37.5 Å². The molecule has 1 heterocycles. The molecule has 2 bridgehead atoms. The maximum Gasteiger partial charge on any atom is 0.223 e. The molecule has 134 valence electrons. The van der Waals surface area contributed by atoms with E-state index in [4.69, 9.17) is 0 Å². The molecule has 1 aromatic heterocycles. The van der Waals surface area contributed by atoms with Crippen molar-refractivity contribution in [3.05, 3.63) is 42.2 Å². The van der Waals surface area contributed by atoms with Gasteiger partial charge < -0.3 is 4.90 Å². The molecule has 0 aliphatic heterocycles. The van der Waals surface area contributed by atoms with Crippen molar-refractivity contribution in [1.29, 1.82) is 0 Å². The summed E-state index contributed by atoms with van der Waals surface area (Å²) in [6.07, 6.45) is 18.2. The maximum atomic E-state index is 13.1. The van der Waals surface area contributed by atoms with E-state index >= 15 is 0 Å². The lowest BCUT2D eigenvalue weighted by molar-refractivity contribution is -0.133. The zero-order valence-electron chi connectivity index (χ0n) is 15.1. The Balaban J connectivity index is 1.42. The number of pyridine rings is 1. The average molecular weight is 338 g/mol. The largest absolute Gasteiger partial charge is 0.338 e. The van der Waals surface area contributed by atoms with Crippen molar-refractivity contribution >= 4 is 5.91 Å². The molecule has 2 saturated carbocycles. The number of carbonyl (C=O) groups is 1. The van der Waals surface area contributed by atoms with Gasteiger partial charge in [0.15, 0.2) is 0 Å². The molecule has 0 radical (unpaired) electrons. The number of hydrogen-bond donors (Lipinski definition) is 0. The third-order valence-electron chi connectivity index (χ3n) is 6.51. The zero-order chi connectivity index (χ0) is 17.1.